The van der Waals surface area contributed by atoms with E-state index in [1.807, 2.05) is 24.3 Å². The number of likely N-dealkylation sites (tertiary alicyclic amines) is 1. The van der Waals surface area contributed by atoms with Crippen LogP contribution in [0.25, 0.3) is 0 Å². The molecule has 0 bridgehead atoms. The van der Waals surface area contributed by atoms with Crippen LogP contribution in [0.15, 0.2) is 24.3 Å². The summed E-state index contributed by atoms with van der Waals surface area (Å²) in [6.45, 7) is 0.876. The van der Waals surface area contributed by atoms with Gasteiger partial charge < -0.3 is 14.7 Å². The molecule has 3 rings (SSSR count). The summed E-state index contributed by atoms with van der Waals surface area (Å²) >= 11 is 0. The summed E-state index contributed by atoms with van der Waals surface area (Å²) in [5.74, 6) is -0.386. The summed E-state index contributed by atoms with van der Waals surface area (Å²) in [6, 6.07) is 7.75. The van der Waals surface area contributed by atoms with E-state index < -0.39 is 17.3 Å². The molecule has 5 nitrogen and oxygen atoms in total. The Balaban J connectivity index is 1.89. The molecule has 1 aliphatic carbocycles. The third-order valence-electron chi connectivity index (χ3n) is 5.31. The molecule has 1 unspecified atom stereocenters. The predicted octanol–water partition coefficient (Wildman–Crippen LogP) is 2.44. The van der Waals surface area contributed by atoms with Crippen molar-refractivity contribution in [3.63, 3.8) is 0 Å². The van der Waals surface area contributed by atoms with E-state index in [2.05, 4.69) is 0 Å². The monoisotopic (exact) mass is 317 g/mol. The number of carbonyl (C=O) groups is 2. The SMILES string of the molecule is COc1cccc(C2(C(=O)N3CCC(C(=O)O)C3)CCCC2)c1. The molecule has 1 aromatic carbocycles. The molecule has 1 N–H and O–H groups in total. The van der Waals surface area contributed by atoms with Crippen molar-refractivity contribution in [3.05, 3.63) is 29.8 Å². The lowest BCUT2D eigenvalue weighted by Gasteiger charge is -2.33. The average Bonchev–Trinajstić information content (AvgIpc) is 3.24. The summed E-state index contributed by atoms with van der Waals surface area (Å²) in [7, 11) is 1.63. The number of methoxy groups -OCH3 is 1. The first-order valence-corrected chi connectivity index (χ1v) is 8.23. The van der Waals surface area contributed by atoms with Crippen molar-refractivity contribution in [1.82, 2.24) is 4.90 Å². The van der Waals surface area contributed by atoms with Crippen LogP contribution >= 0.6 is 0 Å². The maximum absolute atomic E-state index is 13.2. The molecule has 1 heterocycles. The van der Waals surface area contributed by atoms with Crippen molar-refractivity contribution in [2.24, 2.45) is 5.92 Å². The van der Waals surface area contributed by atoms with E-state index in [0.717, 1.165) is 37.0 Å². The summed E-state index contributed by atoms with van der Waals surface area (Å²) < 4.78 is 5.31. The van der Waals surface area contributed by atoms with E-state index in [1.165, 1.54) is 0 Å². The van der Waals surface area contributed by atoms with Crippen molar-refractivity contribution in [2.75, 3.05) is 20.2 Å². The first-order chi connectivity index (χ1) is 11.1. The van der Waals surface area contributed by atoms with Crippen LogP contribution in [-0.4, -0.2) is 42.1 Å². The lowest BCUT2D eigenvalue weighted by molar-refractivity contribution is -0.142. The second-order valence-electron chi connectivity index (χ2n) is 6.60. The highest BCUT2D eigenvalue weighted by Gasteiger charge is 2.47. The number of carboxylic acid groups (broad SMARTS) is 1. The van der Waals surface area contributed by atoms with Crippen molar-refractivity contribution in [1.29, 1.82) is 0 Å². The van der Waals surface area contributed by atoms with E-state index in [9.17, 15) is 14.7 Å². The minimum atomic E-state index is -0.804. The molecule has 0 aromatic heterocycles. The van der Waals surface area contributed by atoms with Gasteiger partial charge in [-0.3, -0.25) is 9.59 Å². The Labute approximate surface area is 136 Å². The largest absolute Gasteiger partial charge is 0.497 e. The van der Waals surface area contributed by atoms with E-state index in [0.29, 0.717) is 19.5 Å². The number of rotatable bonds is 4. The molecule has 1 aliphatic heterocycles. The normalized spacial score (nSPS) is 23.0. The lowest BCUT2D eigenvalue weighted by atomic mass is 9.77. The fourth-order valence-corrected chi connectivity index (χ4v) is 3.97. The number of carboxylic acids is 1. The van der Waals surface area contributed by atoms with Gasteiger partial charge in [0.1, 0.15) is 5.75 Å². The zero-order valence-electron chi connectivity index (χ0n) is 13.5. The highest BCUT2D eigenvalue weighted by molar-refractivity contribution is 5.89. The van der Waals surface area contributed by atoms with Crippen LogP contribution in [0.5, 0.6) is 5.75 Å². The Morgan fingerprint density at radius 2 is 2.04 bits per heavy atom. The maximum atomic E-state index is 13.2. The molecule has 23 heavy (non-hydrogen) atoms. The van der Waals surface area contributed by atoms with Crippen LogP contribution in [0.2, 0.25) is 0 Å². The molecule has 0 radical (unpaired) electrons. The average molecular weight is 317 g/mol. The van der Waals surface area contributed by atoms with E-state index in [1.54, 1.807) is 12.0 Å². The molecule has 2 aliphatic rings. The number of amides is 1. The van der Waals surface area contributed by atoms with Crippen molar-refractivity contribution in [2.45, 2.75) is 37.5 Å². The fraction of sp³-hybridized carbons (Fsp3) is 0.556. The van der Waals surface area contributed by atoms with Gasteiger partial charge in [-0.2, -0.15) is 0 Å². The Morgan fingerprint density at radius 1 is 1.30 bits per heavy atom. The quantitative estimate of drug-likeness (QED) is 0.926. The topological polar surface area (TPSA) is 66.8 Å². The van der Waals surface area contributed by atoms with Gasteiger partial charge in [-0.05, 0) is 37.0 Å². The summed E-state index contributed by atoms with van der Waals surface area (Å²) in [5, 5.41) is 9.17. The van der Waals surface area contributed by atoms with Crippen LogP contribution in [-0.2, 0) is 15.0 Å². The first kappa shape index (κ1) is 15.8. The molecule has 1 saturated heterocycles. The molecule has 5 heteroatoms. The number of nitrogens with zero attached hydrogens (tertiary/aromatic N) is 1. The lowest BCUT2D eigenvalue weighted by Crippen LogP contribution is -2.44. The van der Waals surface area contributed by atoms with Crippen LogP contribution in [0.4, 0.5) is 0 Å². The molecule has 1 saturated carbocycles. The number of carbonyl (C=O) groups excluding carboxylic acids is 1. The Bertz CT molecular complexity index is 607. The van der Waals surface area contributed by atoms with Gasteiger partial charge >= 0.3 is 5.97 Å². The Kier molecular flexibility index (Phi) is 4.28. The fourth-order valence-electron chi connectivity index (χ4n) is 3.97. The van der Waals surface area contributed by atoms with Gasteiger partial charge in [-0.25, -0.2) is 0 Å². The van der Waals surface area contributed by atoms with Crippen LogP contribution in [0.3, 0.4) is 0 Å². The summed E-state index contributed by atoms with van der Waals surface area (Å²) in [5.41, 5.74) is 0.486. The summed E-state index contributed by atoms with van der Waals surface area (Å²) in [4.78, 5) is 26.2. The molecule has 2 fully saturated rings. The standard InChI is InChI=1S/C18H23NO4/c1-23-15-6-4-5-14(11-15)18(8-2-3-9-18)17(22)19-10-7-13(12-19)16(20)21/h4-6,11,13H,2-3,7-10,12H2,1H3,(H,20,21). The van der Waals surface area contributed by atoms with Gasteiger partial charge in [0.15, 0.2) is 0 Å². The van der Waals surface area contributed by atoms with Crippen LogP contribution in [0, 0.1) is 5.92 Å². The zero-order chi connectivity index (χ0) is 16.4. The number of aliphatic carboxylic acids is 1. The van der Waals surface area contributed by atoms with Crippen molar-refractivity contribution >= 4 is 11.9 Å². The van der Waals surface area contributed by atoms with Crippen LogP contribution < -0.4 is 4.74 Å². The maximum Gasteiger partial charge on any atom is 0.308 e. The Hall–Kier alpha value is -2.04. The molecule has 124 valence electrons. The van der Waals surface area contributed by atoms with Gasteiger partial charge in [0.2, 0.25) is 5.91 Å². The highest BCUT2D eigenvalue weighted by Crippen LogP contribution is 2.44. The van der Waals surface area contributed by atoms with Crippen molar-refractivity contribution in [3.8, 4) is 5.75 Å². The van der Waals surface area contributed by atoms with Crippen molar-refractivity contribution < 1.29 is 19.4 Å². The second-order valence-corrected chi connectivity index (χ2v) is 6.60. The third kappa shape index (κ3) is 2.80. The Morgan fingerprint density at radius 3 is 2.65 bits per heavy atom. The van der Waals surface area contributed by atoms with Crippen LogP contribution in [0.1, 0.15) is 37.7 Å². The van der Waals surface area contributed by atoms with Gasteiger partial charge in [0, 0.05) is 13.1 Å². The third-order valence-corrected chi connectivity index (χ3v) is 5.31. The smallest absolute Gasteiger partial charge is 0.308 e. The minimum absolute atomic E-state index is 0.0898. The van der Waals surface area contributed by atoms with Gasteiger partial charge in [-0.1, -0.05) is 25.0 Å². The number of ether oxygens (including phenoxy) is 1. The van der Waals surface area contributed by atoms with E-state index in [-0.39, 0.29) is 5.91 Å². The molecule has 1 amide bonds. The van der Waals surface area contributed by atoms with E-state index >= 15 is 0 Å². The number of hydrogen-bond acceptors (Lipinski definition) is 3. The van der Waals surface area contributed by atoms with Gasteiger partial charge in [0.05, 0.1) is 18.4 Å². The minimum Gasteiger partial charge on any atom is -0.497 e. The molecule has 1 atom stereocenters. The first-order valence-electron chi connectivity index (χ1n) is 8.23. The molecule has 0 spiro atoms. The summed E-state index contributed by atoms with van der Waals surface area (Å²) in [6.07, 6.45) is 4.26. The number of hydrogen-bond donors (Lipinski definition) is 1. The predicted molar refractivity (Wildman–Crippen MR) is 85.5 cm³/mol. The molecular weight excluding hydrogens is 294 g/mol. The number of benzene rings is 1. The van der Waals surface area contributed by atoms with Gasteiger partial charge in [0.25, 0.3) is 0 Å². The van der Waals surface area contributed by atoms with Gasteiger partial charge in [-0.15, -0.1) is 0 Å². The highest BCUT2D eigenvalue weighted by atomic mass is 16.5. The second kappa shape index (κ2) is 6.22. The molecular formula is C18H23NO4. The molecule has 1 aromatic rings. The zero-order valence-corrected chi connectivity index (χ0v) is 13.5. The van der Waals surface area contributed by atoms with E-state index in [4.69, 9.17) is 4.74 Å².